The molecule has 2 atom stereocenters. The largest absolute Gasteiger partial charge is 0.507 e. The van der Waals surface area contributed by atoms with Crippen LogP contribution in [-0.4, -0.2) is 38.9 Å². The van der Waals surface area contributed by atoms with Crippen molar-refractivity contribution >= 4 is 21.9 Å². The lowest BCUT2D eigenvalue weighted by Gasteiger charge is -2.17. The van der Waals surface area contributed by atoms with Crippen LogP contribution in [0.25, 0.3) is 21.9 Å². The van der Waals surface area contributed by atoms with Crippen LogP contribution in [0.2, 0.25) is 0 Å². The van der Waals surface area contributed by atoms with Gasteiger partial charge in [-0.25, -0.2) is 9.59 Å². The van der Waals surface area contributed by atoms with Gasteiger partial charge in [-0.05, 0) is 24.3 Å². The first-order chi connectivity index (χ1) is 15.2. The van der Waals surface area contributed by atoms with E-state index in [-0.39, 0.29) is 27.7 Å². The number of rotatable bonds is 2. The quantitative estimate of drug-likeness (QED) is 0.226. The van der Waals surface area contributed by atoms with E-state index in [0.717, 1.165) is 12.1 Å². The second kappa shape index (κ2) is 6.56. The van der Waals surface area contributed by atoms with Crippen molar-refractivity contribution in [2.75, 3.05) is 7.11 Å². The minimum atomic E-state index is -1.30. The number of phenolic OH excluding ortho intramolecular Hbond substituents is 4. The Morgan fingerprint density at radius 2 is 1.28 bits per heavy atom. The molecule has 0 fully saturated rings. The van der Waals surface area contributed by atoms with Crippen LogP contribution in [0, 0.1) is 0 Å². The minimum absolute atomic E-state index is 0.0733. The molecule has 5 rings (SSSR count). The Morgan fingerprint density at radius 3 is 1.88 bits per heavy atom. The van der Waals surface area contributed by atoms with Crippen LogP contribution in [0.1, 0.15) is 17.0 Å². The Labute approximate surface area is 176 Å². The monoisotopic (exact) mass is 442 g/mol. The Kier molecular flexibility index (Phi) is 4.01. The van der Waals surface area contributed by atoms with E-state index in [2.05, 4.69) is 0 Å². The average molecular weight is 442 g/mol. The number of benzene rings is 2. The number of hydrogen-bond acceptors (Lipinski definition) is 11. The smallest absolute Gasteiger partial charge is 0.344 e. The van der Waals surface area contributed by atoms with Crippen LogP contribution in [0.5, 0.6) is 34.5 Å². The van der Waals surface area contributed by atoms with Crippen molar-refractivity contribution in [2.24, 2.45) is 0 Å². The predicted octanol–water partition coefficient (Wildman–Crippen LogP) is 1.92. The van der Waals surface area contributed by atoms with Gasteiger partial charge in [0.15, 0.2) is 22.7 Å². The van der Waals surface area contributed by atoms with Gasteiger partial charge < -0.3 is 43.8 Å². The first-order valence-electron chi connectivity index (χ1n) is 9.16. The van der Waals surface area contributed by atoms with Crippen LogP contribution >= 0.6 is 0 Å². The summed E-state index contributed by atoms with van der Waals surface area (Å²) < 4.78 is 21.3. The third-order valence-electron chi connectivity index (χ3n) is 5.41. The number of phenols is 4. The SMILES string of the molecule is COC1Oc2c(c(=O)oc3c(O)c(O)ccc23)C1c1c(O)c2ccc(O)c(O)c2oc1=O. The van der Waals surface area contributed by atoms with E-state index in [1.807, 2.05) is 0 Å². The van der Waals surface area contributed by atoms with E-state index in [9.17, 15) is 35.1 Å². The number of aromatic hydroxyl groups is 5. The molecule has 32 heavy (non-hydrogen) atoms. The molecule has 4 aromatic rings. The van der Waals surface area contributed by atoms with Crippen LogP contribution in [-0.2, 0) is 4.74 Å². The van der Waals surface area contributed by atoms with E-state index < -0.39 is 63.4 Å². The fourth-order valence-electron chi connectivity index (χ4n) is 3.92. The molecule has 0 spiro atoms. The Bertz CT molecular complexity index is 1550. The van der Waals surface area contributed by atoms with Gasteiger partial charge in [-0.3, -0.25) is 0 Å². The Hall–Kier alpha value is -4.38. The van der Waals surface area contributed by atoms with Gasteiger partial charge in [-0.2, -0.15) is 0 Å². The van der Waals surface area contributed by atoms with E-state index in [1.54, 1.807) is 0 Å². The highest BCUT2D eigenvalue weighted by Gasteiger charge is 2.44. The Balaban J connectivity index is 1.85. The summed E-state index contributed by atoms with van der Waals surface area (Å²) in [5.41, 5.74) is -3.49. The molecule has 0 radical (unpaired) electrons. The fraction of sp³-hybridized carbons (Fsp3) is 0.143. The normalized spacial score (nSPS) is 17.5. The summed E-state index contributed by atoms with van der Waals surface area (Å²) in [5, 5.41) is 50.2. The van der Waals surface area contributed by atoms with Crippen molar-refractivity contribution < 1.29 is 43.8 Å². The maximum atomic E-state index is 12.8. The van der Waals surface area contributed by atoms with Crippen LogP contribution in [0.4, 0.5) is 0 Å². The zero-order chi connectivity index (χ0) is 22.9. The molecule has 2 aromatic carbocycles. The van der Waals surface area contributed by atoms with E-state index in [4.69, 9.17) is 18.3 Å². The number of methoxy groups -OCH3 is 1. The van der Waals surface area contributed by atoms with Crippen molar-refractivity contribution in [2.45, 2.75) is 12.2 Å². The summed E-state index contributed by atoms with van der Waals surface area (Å²) in [4.78, 5) is 25.6. The summed E-state index contributed by atoms with van der Waals surface area (Å²) in [5.74, 6) is -4.50. The van der Waals surface area contributed by atoms with E-state index >= 15 is 0 Å². The molecule has 11 heteroatoms. The van der Waals surface area contributed by atoms with Crippen molar-refractivity contribution in [1.29, 1.82) is 0 Å². The highest BCUT2D eigenvalue weighted by Crippen LogP contribution is 2.49. The van der Waals surface area contributed by atoms with Crippen molar-refractivity contribution in [3.05, 3.63) is 56.2 Å². The van der Waals surface area contributed by atoms with Crippen LogP contribution in [0.3, 0.4) is 0 Å². The standard InChI is InChI=1S/C21H14O11/c1-29-21-10(11-13(24)6-2-4-8(22)14(25)17(6)30-19(11)27)12-16(32-21)7-3-5-9(23)15(26)18(7)31-20(12)28/h2-5,10,21-26H,1H3. The summed E-state index contributed by atoms with van der Waals surface area (Å²) in [6, 6.07) is 4.80. The number of hydrogen-bond donors (Lipinski definition) is 5. The molecule has 0 saturated heterocycles. The lowest BCUT2D eigenvalue weighted by Crippen LogP contribution is -2.28. The molecule has 0 amide bonds. The summed E-state index contributed by atoms with van der Waals surface area (Å²) in [6.07, 6.45) is -1.27. The fourth-order valence-corrected chi connectivity index (χ4v) is 3.92. The van der Waals surface area contributed by atoms with Gasteiger partial charge in [-0.15, -0.1) is 0 Å². The first kappa shape index (κ1) is 19.6. The number of ether oxygens (including phenoxy) is 2. The van der Waals surface area contributed by atoms with E-state index in [0.29, 0.717) is 0 Å². The summed E-state index contributed by atoms with van der Waals surface area (Å²) in [6.45, 7) is 0. The zero-order valence-electron chi connectivity index (χ0n) is 16.1. The second-order valence-corrected chi connectivity index (χ2v) is 7.10. The molecule has 0 saturated carbocycles. The van der Waals surface area contributed by atoms with Crippen LogP contribution < -0.4 is 16.0 Å². The first-order valence-corrected chi connectivity index (χ1v) is 9.16. The van der Waals surface area contributed by atoms with Gasteiger partial charge in [0.25, 0.3) is 0 Å². The van der Waals surface area contributed by atoms with Crippen molar-refractivity contribution in [3.63, 3.8) is 0 Å². The highest BCUT2D eigenvalue weighted by molar-refractivity contribution is 5.93. The number of fused-ring (bicyclic) bond motifs is 4. The maximum absolute atomic E-state index is 12.8. The lowest BCUT2D eigenvalue weighted by atomic mass is 9.92. The van der Waals surface area contributed by atoms with Gasteiger partial charge in [0.2, 0.25) is 17.8 Å². The second-order valence-electron chi connectivity index (χ2n) is 7.10. The van der Waals surface area contributed by atoms with Gasteiger partial charge in [0, 0.05) is 7.11 Å². The Morgan fingerprint density at radius 1 is 0.750 bits per heavy atom. The molecule has 1 aliphatic rings. The molecule has 1 aliphatic heterocycles. The van der Waals surface area contributed by atoms with Gasteiger partial charge in [0.05, 0.1) is 27.8 Å². The molecule has 11 nitrogen and oxygen atoms in total. The molecule has 164 valence electrons. The third kappa shape index (κ3) is 2.45. The minimum Gasteiger partial charge on any atom is -0.507 e. The summed E-state index contributed by atoms with van der Waals surface area (Å²) in [7, 11) is 1.25. The zero-order valence-corrected chi connectivity index (χ0v) is 16.1. The average Bonchev–Trinajstić information content (AvgIpc) is 3.14. The highest BCUT2D eigenvalue weighted by atomic mass is 16.7. The topological polar surface area (TPSA) is 180 Å². The third-order valence-corrected chi connectivity index (χ3v) is 5.41. The molecular formula is C21H14O11. The lowest BCUT2D eigenvalue weighted by molar-refractivity contribution is -0.0472. The molecule has 2 aromatic heterocycles. The summed E-state index contributed by atoms with van der Waals surface area (Å²) >= 11 is 0. The van der Waals surface area contributed by atoms with Gasteiger partial charge in [0.1, 0.15) is 11.5 Å². The van der Waals surface area contributed by atoms with Crippen molar-refractivity contribution in [3.8, 4) is 34.5 Å². The van der Waals surface area contributed by atoms with Gasteiger partial charge >= 0.3 is 11.3 Å². The molecule has 5 N–H and O–H groups in total. The molecule has 2 unspecified atom stereocenters. The molecular weight excluding hydrogens is 428 g/mol. The molecule has 0 bridgehead atoms. The van der Waals surface area contributed by atoms with Gasteiger partial charge in [-0.1, -0.05) is 0 Å². The predicted molar refractivity (Wildman–Crippen MR) is 107 cm³/mol. The maximum Gasteiger partial charge on any atom is 0.344 e. The van der Waals surface area contributed by atoms with Crippen LogP contribution in [0.15, 0.2) is 42.7 Å². The molecule has 0 aliphatic carbocycles. The molecule has 3 heterocycles. The van der Waals surface area contributed by atoms with E-state index in [1.165, 1.54) is 19.2 Å². The van der Waals surface area contributed by atoms with Crippen molar-refractivity contribution in [1.82, 2.24) is 0 Å².